The van der Waals surface area contributed by atoms with Gasteiger partial charge in [-0.2, -0.15) is 0 Å². The molecule has 0 aliphatic carbocycles. The van der Waals surface area contributed by atoms with Crippen molar-refractivity contribution in [2.45, 2.75) is 20.3 Å². The molecule has 2 aromatic rings. The van der Waals surface area contributed by atoms with Gasteiger partial charge in [0.1, 0.15) is 0 Å². The minimum absolute atomic E-state index is 0.00681. The van der Waals surface area contributed by atoms with Gasteiger partial charge in [-0.3, -0.25) is 4.79 Å². The van der Waals surface area contributed by atoms with Gasteiger partial charge in [0.15, 0.2) is 0 Å². The van der Waals surface area contributed by atoms with E-state index in [1.807, 2.05) is 44.2 Å². The molecule has 0 aromatic heterocycles. The van der Waals surface area contributed by atoms with Gasteiger partial charge in [-0.05, 0) is 60.4 Å². The average Bonchev–Trinajstić information content (AvgIpc) is 2.33. The quantitative estimate of drug-likeness (QED) is 0.748. The molecular weight excluding hydrogens is 252 g/mol. The Bertz CT molecular complexity index is 678. The lowest BCUT2D eigenvalue weighted by Gasteiger charge is -2.13. The van der Waals surface area contributed by atoms with Crippen molar-refractivity contribution in [3.05, 3.63) is 47.0 Å². The van der Waals surface area contributed by atoms with E-state index in [0.717, 1.165) is 27.8 Å². The molecule has 2 rings (SSSR count). The molecule has 0 saturated carbocycles. The number of benzene rings is 2. The Morgan fingerprint density at radius 1 is 1.05 bits per heavy atom. The fourth-order valence-electron chi connectivity index (χ4n) is 2.35. The van der Waals surface area contributed by atoms with Crippen LogP contribution in [-0.4, -0.2) is 11.1 Å². The summed E-state index contributed by atoms with van der Waals surface area (Å²) in [4.78, 5) is 10.9. The molecule has 104 valence electrons. The van der Waals surface area contributed by atoms with E-state index in [4.69, 9.17) is 16.6 Å². The van der Waals surface area contributed by atoms with Gasteiger partial charge in [-0.25, -0.2) is 0 Å². The predicted octanol–water partition coefficient (Wildman–Crippen LogP) is 2.76. The highest BCUT2D eigenvalue weighted by molar-refractivity contribution is 5.82. The van der Waals surface area contributed by atoms with E-state index in [1.54, 1.807) is 0 Å². The summed E-state index contributed by atoms with van der Waals surface area (Å²) in [6, 6.07) is 9.29. The zero-order chi connectivity index (χ0) is 14.9. The Morgan fingerprint density at radius 2 is 1.75 bits per heavy atom. The number of carbonyl (C=O) groups is 1. The molecule has 0 bridgehead atoms. The fraction of sp³-hybridized carbons (Fsp3) is 0.188. The second-order valence-electron chi connectivity index (χ2n) is 5.01. The molecule has 20 heavy (non-hydrogen) atoms. The first-order valence-electron chi connectivity index (χ1n) is 6.35. The van der Waals surface area contributed by atoms with Crippen molar-refractivity contribution >= 4 is 17.3 Å². The van der Waals surface area contributed by atoms with E-state index in [0.29, 0.717) is 11.4 Å². The van der Waals surface area contributed by atoms with E-state index < -0.39 is 5.97 Å². The topological polar surface area (TPSA) is 89.3 Å². The number of hydrogen-bond donors (Lipinski definition) is 3. The number of hydrogen-bond acceptors (Lipinski definition) is 3. The molecule has 0 radical (unpaired) electrons. The zero-order valence-corrected chi connectivity index (χ0v) is 11.6. The normalized spacial score (nSPS) is 10.5. The number of anilines is 2. The van der Waals surface area contributed by atoms with Gasteiger partial charge in [0.05, 0.1) is 6.42 Å². The van der Waals surface area contributed by atoms with Crippen molar-refractivity contribution in [1.29, 1.82) is 0 Å². The maximum absolute atomic E-state index is 10.9. The van der Waals surface area contributed by atoms with E-state index in [1.165, 1.54) is 0 Å². The summed E-state index contributed by atoms with van der Waals surface area (Å²) in [6.45, 7) is 3.83. The molecule has 2 aromatic carbocycles. The van der Waals surface area contributed by atoms with Crippen molar-refractivity contribution in [2.24, 2.45) is 0 Å². The first-order valence-corrected chi connectivity index (χ1v) is 6.35. The van der Waals surface area contributed by atoms with Crippen molar-refractivity contribution in [3.8, 4) is 11.1 Å². The van der Waals surface area contributed by atoms with Crippen LogP contribution < -0.4 is 11.5 Å². The van der Waals surface area contributed by atoms with Crippen molar-refractivity contribution < 1.29 is 9.90 Å². The second-order valence-corrected chi connectivity index (χ2v) is 5.01. The van der Waals surface area contributed by atoms with Crippen LogP contribution in [-0.2, 0) is 11.2 Å². The van der Waals surface area contributed by atoms with Crippen LogP contribution in [0.15, 0.2) is 30.3 Å². The first-order chi connectivity index (χ1) is 9.38. The molecule has 0 saturated heterocycles. The van der Waals surface area contributed by atoms with E-state index in [9.17, 15) is 4.79 Å². The Kier molecular flexibility index (Phi) is 3.66. The zero-order valence-electron chi connectivity index (χ0n) is 11.6. The third-order valence-corrected chi connectivity index (χ3v) is 3.39. The minimum atomic E-state index is -0.849. The van der Waals surface area contributed by atoms with E-state index in [2.05, 4.69) is 0 Å². The number of nitrogens with two attached hydrogens (primary N) is 2. The fourth-order valence-corrected chi connectivity index (χ4v) is 2.35. The Hall–Kier alpha value is -2.49. The SMILES string of the molecule is Cc1cc(N)c(-c2ccc(N)cc2C)cc1CC(=O)O. The Labute approximate surface area is 118 Å². The molecule has 4 heteroatoms. The predicted molar refractivity (Wildman–Crippen MR) is 81.5 cm³/mol. The number of aryl methyl sites for hydroxylation is 2. The van der Waals surface area contributed by atoms with Gasteiger partial charge in [0.25, 0.3) is 0 Å². The number of rotatable bonds is 3. The molecule has 4 nitrogen and oxygen atoms in total. The maximum atomic E-state index is 10.9. The van der Waals surface area contributed by atoms with Crippen molar-refractivity contribution in [2.75, 3.05) is 11.5 Å². The lowest BCUT2D eigenvalue weighted by atomic mass is 9.93. The van der Waals surface area contributed by atoms with Crippen molar-refractivity contribution in [1.82, 2.24) is 0 Å². The number of carboxylic acids is 1. The molecule has 0 aliphatic heterocycles. The number of aliphatic carboxylic acids is 1. The smallest absolute Gasteiger partial charge is 0.307 e. The Morgan fingerprint density at radius 3 is 2.35 bits per heavy atom. The van der Waals surface area contributed by atoms with E-state index in [-0.39, 0.29) is 6.42 Å². The van der Waals surface area contributed by atoms with Crippen LogP contribution in [0.3, 0.4) is 0 Å². The van der Waals surface area contributed by atoms with Crippen LogP contribution in [0.25, 0.3) is 11.1 Å². The van der Waals surface area contributed by atoms with Crippen LogP contribution >= 0.6 is 0 Å². The third kappa shape index (κ3) is 2.74. The molecule has 5 N–H and O–H groups in total. The summed E-state index contributed by atoms with van der Waals surface area (Å²) < 4.78 is 0. The lowest BCUT2D eigenvalue weighted by Crippen LogP contribution is -2.04. The van der Waals surface area contributed by atoms with Crippen molar-refractivity contribution in [3.63, 3.8) is 0 Å². The monoisotopic (exact) mass is 270 g/mol. The molecule has 0 aliphatic rings. The van der Waals surface area contributed by atoms with Crippen LogP contribution in [0.5, 0.6) is 0 Å². The molecule has 0 amide bonds. The van der Waals surface area contributed by atoms with Gasteiger partial charge in [0, 0.05) is 16.9 Å². The molecule has 0 unspecified atom stereocenters. The number of carboxylic acid groups (broad SMARTS) is 1. The van der Waals surface area contributed by atoms with E-state index >= 15 is 0 Å². The molecule has 0 spiro atoms. The lowest BCUT2D eigenvalue weighted by molar-refractivity contribution is -0.136. The molecule has 0 heterocycles. The summed E-state index contributed by atoms with van der Waals surface area (Å²) >= 11 is 0. The van der Waals surface area contributed by atoms with Gasteiger partial charge in [-0.15, -0.1) is 0 Å². The van der Waals surface area contributed by atoms with Gasteiger partial charge in [0.2, 0.25) is 0 Å². The van der Waals surface area contributed by atoms with Gasteiger partial charge >= 0.3 is 5.97 Å². The minimum Gasteiger partial charge on any atom is -0.481 e. The summed E-state index contributed by atoms with van der Waals surface area (Å²) in [5, 5.41) is 8.97. The summed E-state index contributed by atoms with van der Waals surface area (Å²) in [5.41, 5.74) is 17.7. The first kappa shape index (κ1) is 13.9. The largest absolute Gasteiger partial charge is 0.481 e. The standard InChI is InChI=1S/C16H18N2O2/c1-9-6-15(18)14(7-11(9)8-16(19)20)13-4-3-12(17)5-10(13)2/h3-7H,8,17-18H2,1-2H3,(H,19,20). The van der Waals surface area contributed by atoms with Gasteiger partial charge in [-0.1, -0.05) is 6.07 Å². The highest BCUT2D eigenvalue weighted by atomic mass is 16.4. The highest BCUT2D eigenvalue weighted by Crippen LogP contribution is 2.32. The summed E-state index contributed by atoms with van der Waals surface area (Å²) in [6.07, 6.45) is -0.00681. The summed E-state index contributed by atoms with van der Waals surface area (Å²) in [5.74, 6) is -0.849. The second kappa shape index (κ2) is 5.25. The third-order valence-electron chi connectivity index (χ3n) is 3.39. The van der Waals surface area contributed by atoms with Crippen LogP contribution in [0, 0.1) is 13.8 Å². The van der Waals surface area contributed by atoms with Crippen LogP contribution in [0.2, 0.25) is 0 Å². The Balaban J connectivity index is 2.58. The average molecular weight is 270 g/mol. The van der Waals surface area contributed by atoms with Crippen LogP contribution in [0.4, 0.5) is 11.4 Å². The van der Waals surface area contributed by atoms with Gasteiger partial charge < -0.3 is 16.6 Å². The molecule has 0 fully saturated rings. The molecule has 0 atom stereocenters. The molecular formula is C16H18N2O2. The number of nitrogen functional groups attached to an aromatic ring is 2. The maximum Gasteiger partial charge on any atom is 0.307 e. The summed E-state index contributed by atoms with van der Waals surface area (Å²) in [7, 11) is 0. The highest BCUT2D eigenvalue weighted by Gasteiger charge is 2.11. The van der Waals surface area contributed by atoms with Crippen LogP contribution in [0.1, 0.15) is 16.7 Å².